The van der Waals surface area contributed by atoms with E-state index in [0.717, 1.165) is 6.42 Å². The Morgan fingerprint density at radius 3 is 2.60 bits per heavy atom. The molecule has 0 aromatic heterocycles. The number of hydrogen-bond donors (Lipinski definition) is 3. The molecule has 0 bridgehead atoms. The van der Waals surface area contributed by atoms with Crippen molar-refractivity contribution in [2.45, 2.75) is 12.5 Å². The smallest absolute Gasteiger partial charge is 0.257 e. The highest BCUT2D eigenvalue weighted by molar-refractivity contribution is 5.99. The van der Waals surface area contributed by atoms with Gasteiger partial charge < -0.3 is 25.4 Å². The molecule has 0 radical (unpaired) electrons. The number of carbonyl (C=O) groups excluding carboxylic acids is 1. The number of aromatic hydroxyl groups is 1. The summed E-state index contributed by atoms with van der Waals surface area (Å²) in [6.07, 6.45) is 0.746. The first-order chi connectivity index (χ1) is 11.9. The standard InChI is InChI=1S/C17H19N3O5/c1-20(2)17(24)10-4-3-5-11(14(10)21)19-13-12(15(22)16(13)23)18-9-6-7-25-8-9/h3-5,9,18-19,21H,6-8H2,1-2H3/t9-/m1/s1. The molecule has 132 valence electrons. The van der Waals surface area contributed by atoms with Gasteiger partial charge in [-0.25, -0.2) is 0 Å². The molecule has 8 heteroatoms. The van der Waals surface area contributed by atoms with Crippen molar-refractivity contribution in [1.29, 1.82) is 0 Å². The molecule has 3 N–H and O–H groups in total. The minimum atomic E-state index is -0.662. The highest BCUT2D eigenvalue weighted by Crippen LogP contribution is 2.32. The lowest BCUT2D eigenvalue weighted by Gasteiger charge is -2.19. The topological polar surface area (TPSA) is 108 Å². The number of ether oxygens (including phenoxy) is 1. The minimum Gasteiger partial charge on any atom is -0.505 e. The largest absolute Gasteiger partial charge is 0.505 e. The summed E-state index contributed by atoms with van der Waals surface area (Å²) in [6, 6.07) is 4.57. The van der Waals surface area contributed by atoms with E-state index in [-0.39, 0.29) is 40.3 Å². The van der Waals surface area contributed by atoms with Crippen molar-refractivity contribution in [3.63, 3.8) is 0 Å². The third-order valence-corrected chi connectivity index (χ3v) is 4.12. The predicted octanol–water partition coefficient (Wildman–Crippen LogP) is 0.634. The molecule has 1 aliphatic heterocycles. The van der Waals surface area contributed by atoms with Gasteiger partial charge in [0, 0.05) is 20.7 Å². The maximum absolute atomic E-state index is 12.1. The number of para-hydroxylation sites is 1. The maximum atomic E-state index is 12.1. The number of rotatable bonds is 5. The van der Waals surface area contributed by atoms with E-state index in [1.165, 1.54) is 17.0 Å². The lowest BCUT2D eigenvalue weighted by atomic mass is 10.1. The highest BCUT2D eigenvalue weighted by Gasteiger charge is 2.26. The van der Waals surface area contributed by atoms with E-state index in [9.17, 15) is 19.5 Å². The Hall–Kier alpha value is -2.87. The van der Waals surface area contributed by atoms with E-state index >= 15 is 0 Å². The first-order valence-corrected chi connectivity index (χ1v) is 7.88. The normalized spacial score (nSPS) is 16.8. The number of amides is 1. The van der Waals surface area contributed by atoms with Crippen molar-refractivity contribution in [3.8, 4) is 5.75 Å². The third kappa shape index (κ3) is 3.08. The molecule has 1 saturated heterocycles. The van der Waals surface area contributed by atoms with Crippen molar-refractivity contribution in [3.05, 3.63) is 44.2 Å². The van der Waals surface area contributed by atoms with Crippen molar-refractivity contribution < 1.29 is 14.6 Å². The van der Waals surface area contributed by atoms with E-state index in [1.807, 2.05) is 0 Å². The molecule has 1 atom stereocenters. The number of phenols is 1. The average Bonchev–Trinajstić information content (AvgIpc) is 3.11. The van der Waals surface area contributed by atoms with Crippen LogP contribution in [0.5, 0.6) is 5.75 Å². The highest BCUT2D eigenvalue weighted by atomic mass is 16.5. The van der Waals surface area contributed by atoms with Crippen LogP contribution in [0.2, 0.25) is 0 Å². The molecule has 1 amide bonds. The predicted molar refractivity (Wildman–Crippen MR) is 93.6 cm³/mol. The van der Waals surface area contributed by atoms with Gasteiger partial charge in [-0.3, -0.25) is 14.4 Å². The Bertz CT molecular complexity index is 877. The number of nitrogens with one attached hydrogen (secondary N) is 2. The molecule has 0 saturated carbocycles. The lowest BCUT2D eigenvalue weighted by Crippen LogP contribution is -2.39. The Balaban J connectivity index is 1.87. The molecule has 8 nitrogen and oxygen atoms in total. The van der Waals surface area contributed by atoms with Gasteiger partial charge in [0.1, 0.15) is 11.4 Å². The van der Waals surface area contributed by atoms with Crippen molar-refractivity contribution >= 4 is 23.0 Å². The summed E-state index contributed by atoms with van der Waals surface area (Å²) in [6.45, 7) is 1.07. The number of hydrogen-bond acceptors (Lipinski definition) is 7. The molecule has 0 spiro atoms. The second kappa shape index (κ2) is 6.56. The Kier molecular flexibility index (Phi) is 4.45. The van der Waals surface area contributed by atoms with Crippen LogP contribution in [0.3, 0.4) is 0 Å². The van der Waals surface area contributed by atoms with Gasteiger partial charge in [-0.1, -0.05) is 6.07 Å². The molecule has 0 aliphatic carbocycles. The first kappa shape index (κ1) is 17.0. The monoisotopic (exact) mass is 345 g/mol. The molecule has 1 fully saturated rings. The van der Waals surface area contributed by atoms with Gasteiger partial charge in [0.25, 0.3) is 16.8 Å². The van der Waals surface area contributed by atoms with E-state index in [0.29, 0.717) is 13.2 Å². The molecule has 1 aliphatic rings. The summed E-state index contributed by atoms with van der Waals surface area (Å²) < 4.78 is 5.24. The van der Waals surface area contributed by atoms with E-state index in [1.54, 1.807) is 20.2 Å². The summed E-state index contributed by atoms with van der Waals surface area (Å²) in [5.41, 5.74) is -0.705. The van der Waals surface area contributed by atoms with Crippen LogP contribution in [-0.4, -0.2) is 49.3 Å². The fraction of sp³-hybridized carbons (Fsp3) is 0.353. The van der Waals surface area contributed by atoms with Gasteiger partial charge >= 0.3 is 0 Å². The quantitative estimate of drug-likeness (QED) is 0.539. The minimum absolute atomic E-state index is 0.0286. The van der Waals surface area contributed by atoms with Crippen molar-refractivity contribution in [2.24, 2.45) is 0 Å². The summed E-state index contributed by atoms with van der Waals surface area (Å²) in [4.78, 5) is 37.1. The van der Waals surface area contributed by atoms with Gasteiger partial charge in [-0.05, 0) is 18.6 Å². The van der Waals surface area contributed by atoms with Crippen LogP contribution in [0.1, 0.15) is 16.8 Å². The first-order valence-electron chi connectivity index (χ1n) is 7.88. The van der Waals surface area contributed by atoms with Gasteiger partial charge in [-0.15, -0.1) is 0 Å². The number of nitrogens with zero attached hydrogens (tertiary/aromatic N) is 1. The van der Waals surface area contributed by atoms with Crippen LogP contribution in [0.15, 0.2) is 27.8 Å². The van der Waals surface area contributed by atoms with Crippen LogP contribution < -0.4 is 21.5 Å². The second-order valence-electron chi connectivity index (χ2n) is 6.14. The summed E-state index contributed by atoms with van der Waals surface area (Å²) in [5, 5.41) is 16.1. The van der Waals surface area contributed by atoms with Crippen LogP contribution >= 0.6 is 0 Å². The molecule has 3 rings (SSSR count). The van der Waals surface area contributed by atoms with Crippen LogP contribution in [0.4, 0.5) is 17.1 Å². The second-order valence-corrected chi connectivity index (χ2v) is 6.14. The van der Waals surface area contributed by atoms with Crippen LogP contribution in [-0.2, 0) is 4.74 Å². The number of carbonyl (C=O) groups is 1. The van der Waals surface area contributed by atoms with E-state index in [4.69, 9.17) is 4.74 Å². The summed E-state index contributed by atoms with van der Waals surface area (Å²) >= 11 is 0. The van der Waals surface area contributed by atoms with Crippen LogP contribution in [0.25, 0.3) is 0 Å². The fourth-order valence-corrected chi connectivity index (χ4v) is 2.69. The summed E-state index contributed by atoms with van der Waals surface area (Å²) in [5.74, 6) is -0.642. The molecule has 0 unspecified atom stereocenters. The number of phenolic OH excluding ortho intramolecular Hbond substituents is 1. The Morgan fingerprint density at radius 2 is 1.96 bits per heavy atom. The zero-order valence-corrected chi connectivity index (χ0v) is 14.0. The Morgan fingerprint density at radius 1 is 1.24 bits per heavy atom. The molecule has 1 heterocycles. The summed E-state index contributed by atoms with van der Waals surface area (Å²) in [7, 11) is 3.15. The van der Waals surface area contributed by atoms with E-state index < -0.39 is 10.9 Å². The average molecular weight is 345 g/mol. The van der Waals surface area contributed by atoms with Gasteiger partial charge in [0.05, 0.1) is 23.9 Å². The molecular weight excluding hydrogens is 326 g/mol. The molecule has 25 heavy (non-hydrogen) atoms. The van der Waals surface area contributed by atoms with E-state index in [2.05, 4.69) is 10.6 Å². The van der Waals surface area contributed by atoms with Gasteiger partial charge in [-0.2, -0.15) is 0 Å². The zero-order chi connectivity index (χ0) is 18.1. The SMILES string of the molecule is CN(C)C(=O)c1cccc(Nc2c(N[C@@H]3CCOC3)c(=O)c2=O)c1O. The number of anilines is 3. The van der Waals surface area contributed by atoms with Gasteiger partial charge in [0.2, 0.25) is 0 Å². The number of benzene rings is 1. The maximum Gasteiger partial charge on any atom is 0.257 e. The fourth-order valence-electron chi connectivity index (χ4n) is 2.69. The molecule has 2 aromatic carbocycles. The van der Waals surface area contributed by atoms with Crippen LogP contribution in [0, 0.1) is 0 Å². The molecule has 2 aromatic rings. The molecular formula is C17H19N3O5. The zero-order valence-electron chi connectivity index (χ0n) is 14.0. The third-order valence-electron chi connectivity index (χ3n) is 4.12. The lowest BCUT2D eigenvalue weighted by molar-refractivity contribution is 0.0824. The Labute approximate surface area is 143 Å². The van der Waals surface area contributed by atoms with Crippen molar-refractivity contribution in [2.75, 3.05) is 37.9 Å². The van der Waals surface area contributed by atoms with Crippen molar-refractivity contribution in [1.82, 2.24) is 4.90 Å². The van der Waals surface area contributed by atoms with Gasteiger partial charge in [0.15, 0.2) is 5.75 Å².